The summed E-state index contributed by atoms with van der Waals surface area (Å²) in [5.74, 6) is -0.0461. The molecular formula is C13H21BrN2O2S. The lowest BCUT2D eigenvalue weighted by atomic mass is 10.1. The van der Waals surface area contributed by atoms with Crippen LogP contribution in [-0.2, 0) is 0 Å². The van der Waals surface area contributed by atoms with Gasteiger partial charge in [-0.15, -0.1) is 0 Å². The Bertz CT molecular complexity index is 498. The van der Waals surface area contributed by atoms with Gasteiger partial charge in [0.2, 0.25) is 0 Å². The summed E-state index contributed by atoms with van der Waals surface area (Å²) in [5, 5.41) is 10.8. The summed E-state index contributed by atoms with van der Waals surface area (Å²) in [7, 11) is 0. The van der Waals surface area contributed by atoms with Crippen molar-refractivity contribution in [1.82, 2.24) is 9.55 Å². The number of aromatic nitrogens is 2. The molecule has 1 heterocycles. The fourth-order valence-electron chi connectivity index (χ4n) is 2.18. The largest absolute Gasteiger partial charge is 0.494 e. The van der Waals surface area contributed by atoms with Crippen molar-refractivity contribution < 1.29 is 5.11 Å². The molecule has 1 unspecified atom stereocenters. The average Bonchev–Trinajstić information content (AvgIpc) is 2.33. The highest BCUT2D eigenvalue weighted by atomic mass is 79.9. The van der Waals surface area contributed by atoms with Crippen molar-refractivity contribution in [2.75, 3.05) is 5.33 Å². The summed E-state index contributed by atoms with van der Waals surface area (Å²) in [6.07, 6.45) is 6.55. The maximum atomic E-state index is 11.2. The second-order valence-electron chi connectivity index (χ2n) is 4.65. The molecule has 6 heteroatoms. The molecule has 0 bridgehead atoms. The van der Waals surface area contributed by atoms with Crippen molar-refractivity contribution in [1.29, 1.82) is 0 Å². The average molecular weight is 349 g/mol. The van der Waals surface area contributed by atoms with E-state index < -0.39 is 0 Å². The topological polar surface area (TPSA) is 58.0 Å². The Morgan fingerprint density at radius 2 is 2.16 bits per heavy atom. The van der Waals surface area contributed by atoms with Crippen LogP contribution in [0, 0.1) is 4.77 Å². The van der Waals surface area contributed by atoms with E-state index in [1.807, 2.05) is 0 Å². The van der Waals surface area contributed by atoms with Gasteiger partial charge >= 0.3 is 0 Å². The number of halogens is 1. The molecule has 0 aliphatic carbocycles. The Morgan fingerprint density at radius 3 is 2.74 bits per heavy atom. The number of alkyl halides is 1. The standard InChI is InChI=1S/C13H21BrN2O2S/c1-2-3-4-5-6-10(7-8-14)16-12(18)9-11(17)15-13(16)19/h9-10,18H,2-8H2,1H3,(H,15,17,19). The predicted molar refractivity (Wildman–Crippen MR) is 83.8 cm³/mol. The molecule has 0 radical (unpaired) electrons. The first-order valence-corrected chi connectivity index (χ1v) is 8.24. The molecule has 1 aromatic rings. The second-order valence-corrected chi connectivity index (χ2v) is 5.83. The van der Waals surface area contributed by atoms with Gasteiger partial charge in [-0.05, 0) is 25.1 Å². The van der Waals surface area contributed by atoms with E-state index in [2.05, 4.69) is 27.8 Å². The molecule has 1 atom stereocenters. The van der Waals surface area contributed by atoms with Gasteiger partial charge in [-0.25, -0.2) is 0 Å². The molecule has 2 N–H and O–H groups in total. The van der Waals surface area contributed by atoms with Crippen molar-refractivity contribution in [3.63, 3.8) is 0 Å². The minimum atomic E-state index is -0.359. The third-order valence-corrected chi connectivity index (χ3v) is 3.91. The lowest BCUT2D eigenvalue weighted by Crippen LogP contribution is -2.17. The molecule has 0 amide bonds. The number of aromatic amines is 1. The highest BCUT2D eigenvalue weighted by molar-refractivity contribution is 9.09. The van der Waals surface area contributed by atoms with Crippen molar-refractivity contribution in [3.05, 3.63) is 21.2 Å². The zero-order chi connectivity index (χ0) is 14.3. The molecular weight excluding hydrogens is 328 g/mol. The number of hydrogen-bond acceptors (Lipinski definition) is 3. The normalized spacial score (nSPS) is 12.5. The lowest BCUT2D eigenvalue weighted by Gasteiger charge is -2.20. The van der Waals surface area contributed by atoms with Crippen molar-refractivity contribution in [2.45, 2.75) is 51.5 Å². The van der Waals surface area contributed by atoms with E-state index >= 15 is 0 Å². The Kier molecular flexibility index (Phi) is 7.38. The third kappa shape index (κ3) is 5.10. The smallest absolute Gasteiger partial charge is 0.255 e. The predicted octanol–water partition coefficient (Wildman–Crippen LogP) is 3.91. The third-order valence-electron chi connectivity index (χ3n) is 3.15. The Hall–Kier alpha value is -0.620. The van der Waals surface area contributed by atoms with E-state index in [0.29, 0.717) is 4.77 Å². The summed E-state index contributed by atoms with van der Waals surface area (Å²) in [4.78, 5) is 13.8. The van der Waals surface area contributed by atoms with E-state index in [-0.39, 0.29) is 17.5 Å². The van der Waals surface area contributed by atoms with Crippen LogP contribution in [0.3, 0.4) is 0 Å². The minimum Gasteiger partial charge on any atom is -0.494 e. The molecule has 108 valence electrons. The minimum absolute atomic E-state index is 0.0461. The van der Waals surface area contributed by atoms with Crippen LogP contribution in [0.2, 0.25) is 0 Å². The maximum absolute atomic E-state index is 11.2. The molecule has 0 fully saturated rings. The first kappa shape index (κ1) is 16.4. The van der Waals surface area contributed by atoms with Crippen LogP contribution in [0.25, 0.3) is 0 Å². The van der Waals surface area contributed by atoms with Crippen LogP contribution in [0.4, 0.5) is 0 Å². The molecule has 0 spiro atoms. The number of H-pyrrole nitrogens is 1. The molecule has 19 heavy (non-hydrogen) atoms. The summed E-state index contributed by atoms with van der Waals surface area (Å²) in [6.45, 7) is 2.18. The molecule has 1 rings (SSSR count). The highest BCUT2D eigenvalue weighted by Gasteiger charge is 2.14. The van der Waals surface area contributed by atoms with Gasteiger partial charge < -0.3 is 5.11 Å². The Balaban J connectivity index is 2.86. The number of unbranched alkanes of at least 4 members (excludes halogenated alkanes) is 3. The molecule has 0 aromatic carbocycles. The zero-order valence-electron chi connectivity index (χ0n) is 11.2. The van der Waals surface area contributed by atoms with Crippen molar-refractivity contribution >= 4 is 28.1 Å². The molecule has 0 aliphatic rings. The summed E-state index contributed by atoms with van der Waals surface area (Å²) < 4.78 is 1.95. The summed E-state index contributed by atoms with van der Waals surface area (Å²) >= 11 is 8.58. The van der Waals surface area contributed by atoms with Gasteiger partial charge in [0.05, 0.1) is 6.07 Å². The molecule has 0 saturated carbocycles. The van der Waals surface area contributed by atoms with Crippen LogP contribution in [0.15, 0.2) is 10.9 Å². The maximum Gasteiger partial charge on any atom is 0.255 e. The second kappa shape index (κ2) is 8.53. The van der Waals surface area contributed by atoms with Gasteiger partial charge in [0, 0.05) is 11.4 Å². The molecule has 0 aliphatic heterocycles. The van der Waals surface area contributed by atoms with Gasteiger partial charge in [0.25, 0.3) is 5.56 Å². The first-order valence-electron chi connectivity index (χ1n) is 6.71. The number of rotatable bonds is 8. The van der Waals surface area contributed by atoms with Gasteiger partial charge in [0.15, 0.2) is 10.7 Å². The van der Waals surface area contributed by atoms with Crippen LogP contribution in [-0.4, -0.2) is 20.0 Å². The summed E-state index contributed by atoms with van der Waals surface area (Å²) in [6, 6.07) is 1.31. The van der Waals surface area contributed by atoms with Gasteiger partial charge in [-0.2, -0.15) is 0 Å². The van der Waals surface area contributed by atoms with Crippen LogP contribution in [0.5, 0.6) is 5.88 Å². The number of aromatic hydroxyl groups is 1. The van der Waals surface area contributed by atoms with Gasteiger partial charge in [-0.1, -0.05) is 48.5 Å². The van der Waals surface area contributed by atoms with E-state index in [9.17, 15) is 9.90 Å². The zero-order valence-corrected chi connectivity index (χ0v) is 13.6. The van der Waals surface area contributed by atoms with E-state index in [1.165, 1.54) is 25.3 Å². The highest BCUT2D eigenvalue weighted by Crippen LogP contribution is 2.25. The Labute approximate surface area is 127 Å². The van der Waals surface area contributed by atoms with Crippen LogP contribution < -0.4 is 5.56 Å². The number of nitrogens with zero attached hydrogens (tertiary/aromatic N) is 1. The van der Waals surface area contributed by atoms with E-state index in [1.54, 1.807) is 4.57 Å². The van der Waals surface area contributed by atoms with Gasteiger partial charge in [-0.3, -0.25) is 14.3 Å². The van der Waals surface area contributed by atoms with E-state index in [4.69, 9.17) is 12.2 Å². The van der Waals surface area contributed by atoms with Crippen LogP contribution >= 0.6 is 28.1 Å². The fraction of sp³-hybridized carbons (Fsp3) is 0.692. The van der Waals surface area contributed by atoms with Crippen molar-refractivity contribution in [3.8, 4) is 5.88 Å². The monoisotopic (exact) mass is 348 g/mol. The quantitative estimate of drug-likeness (QED) is 0.425. The summed E-state index contributed by atoms with van der Waals surface area (Å²) in [5.41, 5.74) is -0.359. The molecule has 4 nitrogen and oxygen atoms in total. The first-order chi connectivity index (χ1) is 9.10. The molecule has 1 aromatic heterocycles. The SMILES string of the molecule is CCCCCCC(CCBr)n1c(O)cc(=O)[nH]c1=S. The van der Waals surface area contributed by atoms with Gasteiger partial charge in [0.1, 0.15) is 0 Å². The fourth-order valence-corrected chi connectivity index (χ4v) is 3.05. The van der Waals surface area contributed by atoms with Crippen LogP contribution in [0.1, 0.15) is 51.5 Å². The van der Waals surface area contributed by atoms with Crippen molar-refractivity contribution in [2.24, 2.45) is 0 Å². The number of nitrogens with one attached hydrogen (secondary N) is 1. The lowest BCUT2D eigenvalue weighted by molar-refractivity contribution is 0.343. The van der Waals surface area contributed by atoms with E-state index in [0.717, 1.165) is 24.6 Å². The number of hydrogen-bond donors (Lipinski definition) is 2. The Morgan fingerprint density at radius 1 is 1.42 bits per heavy atom. The molecule has 0 saturated heterocycles.